The molecule has 4 nitrogen and oxygen atoms in total. The molecular weight excluding hydrogens is 204 g/mol. The van der Waals surface area contributed by atoms with Gasteiger partial charge >= 0.3 is 0 Å². The molecule has 0 aliphatic rings. The van der Waals surface area contributed by atoms with Crippen molar-refractivity contribution in [2.24, 2.45) is 5.41 Å². The Morgan fingerprint density at radius 3 is 2.06 bits per heavy atom. The fourth-order valence-electron chi connectivity index (χ4n) is 1.81. The van der Waals surface area contributed by atoms with Crippen molar-refractivity contribution in [2.45, 2.75) is 27.2 Å². The molecule has 0 aromatic carbocycles. The molecule has 0 rings (SSSR count). The number of aliphatic hydroxyl groups is 2. The maximum absolute atomic E-state index is 8.97. The topological polar surface area (TPSA) is 55.7 Å². The lowest BCUT2D eigenvalue weighted by atomic mass is 9.86. The predicted octanol–water partition coefficient (Wildman–Crippen LogP) is 0.299. The van der Waals surface area contributed by atoms with Gasteiger partial charge in [0.25, 0.3) is 0 Å². The minimum absolute atomic E-state index is 0.154. The Kier molecular flexibility index (Phi) is 8.84. The minimum atomic E-state index is 0.154. The lowest BCUT2D eigenvalue weighted by Gasteiger charge is -2.34. The van der Waals surface area contributed by atoms with Crippen LogP contribution in [0.15, 0.2) is 0 Å². The lowest BCUT2D eigenvalue weighted by molar-refractivity contribution is 0.109. The predicted molar refractivity (Wildman–Crippen MR) is 67.6 cm³/mol. The van der Waals surface area contributed by atoms with Gasteiger partial charge in [-0.2, -0.15) is 0 Å². The van der Waals surface area contributed by atoms with Crippen molar-refractivity contribution in [1.82, 2.24) is 10.2 Å². The summed E-state index contributed by atoms with van der Waals surface area (Å²) in [4.78, 5) is 2.13. The molecule has 0 aromatic heterocycles. The Morgan fingerprint density at radius 1 is 1.12 bits per heavy atom. The third kappa shape index (κ3) is 6.43. The zero-order chi connectivity index (χ0) is 12.4. The number of aliphatic hydroxyl groups excluding tert-OH is 2. The van der Waals surface area contributed by atoms with E-state index in [2.05, 4.69) is 31.0 Å². The fourth-order valence-corrected chi connectivity index (χ4v) is 1.81. The molecule has 0 aromatic rings. The molecule has 0 aliphatic carbocycles. The third-order valence-corrected chi connectivity index (χ3v) is 3.09. The maximum atomic E-state index is 8.97. The summed E-state index contributed by atoms with van der Waals surface area (Å²) in [6.07, 6.45) is 1.09. The standard InChI is InChI=1S/C12H28N2O2/c1-4-12(3,10-13-5-2)11-14(6-8-15)7-9-16/h13,15-16H,4-11H2,1-3H3. The Labute approximate surface area is 99.7 Å². The van der Waals surface area contributed by atoms with Gasteiger partial charge in [0.1, 0.15) is 0 Å². The smallest absolute Gasteiger partial charge is 0.0558 e. The van der Waals surface area contributed by atoms with Gasteiger partial charge in [0.15, 0.2) is 0 Å². The van der Waals surface area contributed by atoms with Crippen molar-refractivity contribution < 1.29 is 10.2 Å². The molecular formula is C12H28N2O2. The van der Waals surface area contributed by atoms with Crippen LogP contribution in [-0.2, 0) is 0 Å². The molecule has 98 valence electrons. The summed E-state index contributed by atoms with van der Waals surface area (Å²) in [6.45, 7) is 11.0. The quantitative estimate of drug-likeness (QED) is 0.507. The number of nitrogens with zero attached hydrogens (tertiary/aromatic N) is 1. The summed E-state index contributed by atoms with van der Waals surface area (Å²) in [5.74, 6) is 0. The molecule has 4 heteroatoms. The van der Waals surface area contributed by atoms with Crippen LogP contribution in [0.25, 0.3) is 0 Å². The van der Waals surface area contributed by atoms with Gasteiger partial charge in [0, 0.05) is 26.2 Å². The monoisotopic (exact) mass is 232 g/mol. The molecule has 0 bridgehead atoms. The van der Waals surface area contributed by atoms with E-state index in [4.69, 9.17) is 10.2 Å². The van der Waals surface area contributed by atoms with Crippen molar-refractivity contribution in [1.29, 1.82) is 0 Å². The van der Waals surface area contributed by atoms with Crippen molar-refractivity contribution in [2.75, 3.05) is 45.9 Å². The second-order valence-corrected chi connectivity index (χ2v) is 4.67. The van der Waals surface area contributed by atoms with Crippen LogP contribution in [0.1, 0.15) is 27.2 Å². The molecule has 3 N–H and O–H groups in total. The van der Waals surface area contributed by atoms with Crippen LogP contribution >= 0.6 is 0 Å². The Balaban J connectivity index is 4.21. The van der Waals surface area contributed by atoms with Gasteiger partial charge in [-0.1, -0.05) is 20.8 Å². The molecule has 16 heavy (non-hydrogen) atoms. The molecule has 0 amide bonds. The minimum Gasteiger partial charge on any atom is -0.395 e. The summed E-state index contributed by atoms with van der Waals surface area (Å²) in [6, 6.07) is 0. The van der Waals surface area contributed by atoms with Crippen LogP contribution in [0.4, 0.5) is 0 Å². The zero-order valence-electron chi connectivity index (χ0n) is 11.0. The van der Waals surface area contributed by atoms with E-state index in [0.29, 0.717) is 13.1 Å². The van der Waals surface area contributed by atoms with Crippen LogP contribution in [0.5, 0.6) is 0 Å². The first-order chi connectivity index (χ1) is 7.61. The molecule has 0 saturated heterocycles. The van der Waals surface area contributed by atoms with E-state index in [1.807, 2.05) is 0 Å². The molecule has 1 unspecified atom stereocenters. The SMILES string of the molecule is CCNCC(C)(CC)CN(CCO)CCO. The summed E-state index contributed by atoms with van der Waals surface area (Å²) < 4.78 is 0. The summed E-state index contributed by atoms with van der Waals surface area (Å²) in [7, 11) is 0. The van der Waals surface area contributed by atoms with Crippen molar-refractivity contribution in [3.8, 4) is 0 Å². The average molecular weight is 232 g/mol. The molecule has 1 atom stereocenters. The van der Waals surface area contributed by atoms with E-state index >= 15 is 0 Å². The van der Waals surface area contributed by atoms with Crippen molar-refractivity contribution >= 4 is 0 Å². The van der Waals surface area contributed by atoms with Gasteiger partial charge in [0.05, 0.1) is 13.2 Å². The normalized spacial score (nSPS) is 15.4. The maximum Gasteiger partial charge on any atom is 0.0558 e. The van der Waals surface area contributed by atoms with Crippen LogP contribution in [0.3, 0.4) is 0 Å². The summed E-state index contributed by atoms with van der Waals surface area (Å²) >= 11 is 0. The van der Waals surface area contributed by atoms with E-state index in [1.54, 1.807) is 0 Å². The summed E-state index contributed by atoms with van der Waals surface area (Å²) in [5, 5.41) is 21.3. The average Bonchev–Trinajstić information content (AvgIpc) is 2.27. The van der Waals surface area contributed by atoms with Gasteiger partial charge in [-0.25, -0.2) is 0 Å². The Bertz CT molecular complexity index is 161. The van der Waals surface area contributed by atoms with Gasteiger partial charge in [0.2, 0.25) is 0 Å². The molecule has 0 saturated carbocycles. The number of nitrogens with one attached hydrogen (secondary N) is 1. The first-order valence-electron chi connectivity index (χ1n) is 6.26. The highest BCUT2D eigenvalue weighted by molar-refractivity contribution is 4.79. The van der Waals surface area contributed by atoms with Crippen LogP contribution in [0, 0.1) is 5.41 Å². The van der Waals surface area contributed by atoms with E-state index in [0.717, 1.165) is 26.1 Å². The largest absolute Gasteiger partial charge is 0.395 e. The first kappa shape index (κ1) is 15.8. The van der Waals surface area contributed by atoms with Crippen LogP contribution in [0.2, 0.25) is 0 Å². The van der Waals surface area contributed by atoms with E-state index < -0.39 is 0 Å². The lowest BCUT2D eigenvalue weighted by Crippen LogP contribution is -2.44. The highest BCUT2D eigenvalue weighted by Gasteiger charge is 2.24. The van der Waals surface area contributed by atoms with E-state index in [9.17, 15) is 0 Å². The van der Waals surface area contributed by atoms with Crippen LogP contribution < -0.4 is 5.32 Å². The number of hydrogen-bond acceptors (Lipinski definition) is 4. The first-order valence-corrected chi connectivity index (χ1v) is 6.26. The second-order valence-electron chi connectivity index (χ2n) is 4.67. The van der Waals surface area contributed by atoms with E-state index in [1.165, 1.54) is 0 Å². The van der Waals surface area contributed by atoms with Crippen LogP contribution in [-0.4, -0.2) is 61.1 Å². The Morgan fingerprint density at radius 2 is 1.69 bits per heavy atom. The Hall–Kier alpha value is -0.160. The van der Waals surface area contributed by atoms with Gasteiger partial charge in [-0.15, -0.1) is 0 Å². The van der Waals surface area contributed by atoms with Gasteiger partial charge in [-0.3, -0.25) is 4.90 Å². The third-order valence-electron chi connectivity index (χ3n) is 3.09. The van der Waals surface area contributed by atoms with Crippen molar-refractivity contribution in [3.63, 3.8) is 0 Å². The molecule has 0 heterocycles. The highest BCUT2D eigenvalue weighted by atomic mass is 16.3. The number of rotatable bonds is 10. The fraction of sp³-hybridized carbons (Fsp3) is 1.00. The molecule has 0 aliphatic heterocycles. The number of hydrogen-bond donors (Lipinski definition) is 3. The van der Waals surface area contributed by atoms with E-state index in [-0.39, 0.29) is 18.6 Å². The van der Waals surface area contributed by atoms with Gasteiger partial charge < -0.3 is 15.5 Å². The van der Waals surface area contributed by atoms with Crippen molar-refractivity contribution in [3.05, 3.63) is 0 Å². The highest BCUT2D eigenvalue weighted by Crippen LogP contribution is 2.21. The molecule has 0 spiro atoms. The zero-order valence-corrected chi connectivity index (χ0v) is 11.0. The second kappa shape index (κ2) is 8.93. The molecule has 0 fully saturated rings. The molecule has 0 radical (unpaired) electrons. The summed E-state index contributed by atoms with van der Waals surface area (Å²) in [5.41, 5.74) is 0.209. The van der Waals surface area contributed by atoms with Gasteiger partial charge in [-0.05, 0) is 18.4 Å².